The van der Waals surface area contributed by atoms with E-state index in [1.807, 2.05) is 0 Å². The van der Waals surface area contributed by atoms with Gasteiger partial charge in [0.05, 0.1) is 7.11 Å². The predicted molar refractivity (Wildman–Crippen MR) is 51.3 cm³/mol. The number of rotatable bonds is 5. The van der Waals surface area contributed by atoms with E-state index in [1.165, 1.54) is 7.11 Å². The Labute approximate surface area is 85.9 Å². The quantitative estimate of drug-likeness (QED) is 0.777. The first-order valence-electron chi connectivity index (χ1n) is 4.34. The van der Waals surface area contributed by atoms with E-state index < -0.39 is 12.5 Å². The number of anilines is 1. The van der Waals surface area contributed by atoms with Crippen LogP contribution in [-0.4, -0.2) is 36.3 Å². The Balaban J connectivity index is 2.50. The molecule has 0 aliphatic rings. The fourth-order valence-electron chi connectivity index (χ4n) is 0.925. The second kappa shape index (κ2) is 5.45. The Bertz CT molecular complexity index is 310. The number of alkyl halides is 2. The molecule has 1 aromatic heterocycles. The van der Waals surface area contributed by atoms with Crippen molar-refractivity contribution in [3.8, 4) is 5.88 Å². The van der Waals surface area contributed by atoms with Gasteiger partial charge in [0.15, 0.2) is 0 Å². The minimum absolute atomic E-state index is 0.252. The Hall–Kier alpha value is -1.43. The average Bonchev–Trinajstić information content (AvgIpc) is 2.26. The third-order valence-corrected chi connectivity index (χ3v) is 1.72. The van der Waals surface area contributed by atoms with Crippen molar-refractivity contribution in [1.82, 2.24) is 4.98 Å². The lowest BCUT2D eigenvalue weighted by molar-refractivity contribution is 0.00380. The Morgan fingerprint density at radius 1 is 1.53 bits per heavy atom. The fraction of sp³-hybridized carbons (Fsp3) is 0.444. The summed E-state index contributed by atoms with van der Waals surface area (Å²) in [6.45, 7) is -0.252. The molecule has 0 saturated heterocycles. The Kier molecular flexibility index (Phi) is 4.23. The van der Waals surface area contributed by atoms with E-state index >= 15 is 0 Å². The van der Waals surface area contributed by atoms with Crippen molar-refractivity contribution >= 4 is 5.82 Å². The van der Waals surface area contributed by atoms with Crippen molar-refractivity contribution < 1.29 is 18.6 Å². The topological polar surface area (TPSA) is 54.4 Å². The third kappa shape index (κ3) is 3.67. The number of aliphatic hydroxyl groups excluding tert-OH is 1. The zero-order valence-electron chi connectivity index (χ0n) is 8.15. The number of aliphatic hydroxyl groups is 1. The molecule has 1 atom stereocenters. The molecular weight excluding hydrogens is 206 g/mol. The maximum absolute atomic E-state index is 11.9. The van der Waals surface area contributed by atoms with Crippen molar-refractivity contribution in [1.29, 1.82) is 0 Å². The van der Waals surface area contributed by atoms with Gasteiger partial charge in [-0.3, -0.25) is 0 Å². The first kappa shape index (κ1) is 11.6. The second-order valence-electron chi connectivity index (χ2n) is 2.85. The molecule has 0 spiro atoms. The smallest absolute Gasteiger partial charge is 0.265 e. The highest BCUT2D eigenvalue weighted by Crippen LogP contribution is 2.11. The van der Waals surface area contributed by atoms with Gasteiger partial charge in [0.2, 0.25) is 5.88 Å². The van der Waals surface area contributed by atoms with Crippen LogP contribution in [0.3, 0.4) is 0 Å². The van der Waals surface area contributed by atoms with Crippen molar-refractivity contribution in [2.75, 3.05) is 19.0 Å². The molecule has 0 amide bonds. The van der Waals surface area contributed by atoms with Crippen LogP contribution in [0, 0.1) is 0 Å². The molecule has 0 radical (unpaired) electrons. The summed E-state index contributed by atoms with van der Waals surface area (Å²) < 4.78 is 28.7. The van der Waals surface area contributed by atoms with Gasteiger partial charge in [0.25, 0.3) is 6.43 Å². The molecule has 0 saturated carbocycles. The molecular formula is C9H12F2N2O2. The number of hydrogen-bond donors (Lipinski definition) is 2. The zero-order valence-corrected chi connectivity index (χ0v) is 8.15. The summed E-state index contributed by atoms with van der Waals surface area (Å²) in [4.78, 5) is 3.93. The molecule has 1 unspecified atom stereocenters. The lowest BCUT2D eigenvalue weighted by Crippen LogP contribution is -2.27. The number of halogens is 2. The average molecular weight is 218 g/mol. The molecule has 1 rings (SSSR count). The molecule has 15 heavy (non-hydrogen) atoms. The summed E-state index contributed by atoms with van der Waals surface area (Å²) in [5.41, 5.74) is 0. The maximum Gasteiger partial charge on any atom is 0.265 e. The van der Waals surface area contributed by atoms with E-state index in [2.05, 4.69) is 10.3 Å². The molecule has 84 valence electrons. The van der Waals surface area contributed by atoms with E-state index in [9.17, 15) is 8.78 Å². The largest absolute Gasteiger partial charge is 0.481 e. The summed E-state index contributed by atoms with van der Waals surface area (Å²) >= 11 is 0. The molecule has 0 aliphatic carbocycles. The first-order chi connectivity index (χ1) is 7.13. The summed E-state index contributed by atoms with van der Waals surface area (Å²) in [6, 6.07) is 4.90. The van der Waals surface area contributed by atoms with Gasteiger partial charge in [0, 0.05) is 12.6 Å². The number of nitrogens with zero attached hydrogens (tertiary/aromatic N) is 1. The lowest BCUT2D eigenvalue weighted by atomic mass is 10.3. The van der Waals surface area contributed by atoms with Gasteiger partial charge in [-0.1, -0.05) is 6.07 Å². The van der Waals surface area contributed by atoms with Crippen LogP contribution in [0.2, 0.25) is 0 Å². The number of ether oxygens (including phenoxy) is 1. The van der Waals surface area contributed by atoms with Crippen LogP contribution < -0.4 is 10.1 Å². The van der Waals surface area contributed by atoms with E-state index in [1.54, 1.807) is 18.2 Å². The van der Waals surface area contributed by atoms with Gasteiger partial charge >= 0.3 is 0 Å². The standard InChI is InChI=1S/C9H12F2N2O2/c1-15-8-4-2-3-7(13-8)12-5-6(14)9(10)11/h2-4,6,9,14H,5H2,1H3,(H,12,13). The Morgan fingerprint density at radius 2 is 2.27 bits per heavy atom. The van der Waals surface area contributed by atoms with Gasteiger partial charge in [-0.15, -0.1) is 0 Å². The van der Waals surface area contributed by atoms with Gasteiger partial charge in [-0.2, -0.15) is 4.98 Å². The van der Waals surface area contributed by atoms with E-state index in [-0.39, 0.29) is 6.54 Å². The molecule has 6 heteroatoms. The van der Waals surface area contributed by atoms with Crippen molar-refractivity contribution in [2.45, 2.75) is 12.5 Å². The highest BCUT2D eigenvalue weighted by molar-refractivity contribution is 5.37. The minimum Gasteiger partial charge on any atom is -0.481 e. The van der Waals surface area contributed by atoms with E-state index in [4.69, 9.17) is 9.84 Å². The fourth-order valence-corrected chi connectivity index (χ4v) is 0.925. The van der Waals surface area contributed by atoms with Crippen LogP contribution in [0.4, 0.5) is 14.6 Å². The SMILES string of the molecule is COc1cccc(NCC(O)C(F)F)n1. The molecule has 1 aromatic rings. The number of methoxy groups -OCH3 is 1. The number of aromatic nitrogens is 1. The molecule has 1 heterocycles. The van der Waals surface area contributed by atoms with Gasteiger partial charge in [-0.05, 0) is 6.07 Å². The minimum atomic E-state index is -2.76. The van der Waals surface area contributed by atoms with Crippen molar-refractivity contribution in [3.63, 3.8) is 0 Å². The van der Waals surface area contributed by atoms with Crippen LogP contribution in [0.25, 0.3) is 0 Å². The highest BCUT2D eigenvalue weighted by Gasteiger charge is 2.16. The van der Waals surface area contributed by atoms with Gasteiger partial charge in [0.1, 0.15) is 11.9 Å². The first-order valence-corrected chi connectivity index (χ1v) is 4.34. The molecule has 0 bridgehead atoms. The van der Waals surface area contributed by atoms with Crippen LogP contribution in [0.15, 0.2) is 18.2 Å². The Morgan fingerprint density at radius 3 is 2.87 bits per heavy atom. The van der Waals surface area contributed by atoms with Crippen molar-refractivity contribution in [2.24, 2.45) is 0 Å². The van der Waals surface area contributed by atoms with Gasteiger partial charge < -0.3 is 15.2 Å². The zero-order chi connectivity index (χ0) is 11.3. The van der Waals surface area contributed by atoms with Crippen LogP contribution in [0.1, 0.15) is 0 Å². The molecule has 0 aliphatic heterocycles. The molecule has 2 N–H and O–H groups in total. The molecule has 0 aromatic carbocycles. The number of nitrogens with one attached hydrogen (secondary N) is 1. The summed E-state index contributed by atoms with van der Waals surface area (Å²) in [7, 11) is 1.46. The number of pyridine rings is 1. The van der Waals surface area contributed by atoms with E-state index in [0.717, 1.165) is 0 Å². The summed E-state index contributed by atoms with van der Waals surface area (Å²) in [6.07, 6.45) is -4.46. The second-order valence-corrected chi connectivity index (χ2v) is 2.85. The third-order valence-electron chi connectivity index (χ3n) is 1.72. The maximum atomic E-state index is 11.9. The molecule has 0 fully saturated rings. The number of hydrogen-bond acceptors (Lipinski definition) is 4. The lowest BCUT2D eigenvalue weighted by Gasteiger charge is -2.11. The van der Waals surface area contributed by atoms with Crippen LogP contribution in [0.5, 0.6) is 5.88 Å². The molecule has 4 nitrogen and oxygen atoms in total. The van der Waals surface area contributed by atoms with Crippen molar-refractivity contribution in [3.05, 3.63) is 18.2 Å². The normalized spacial score (nSPS) is 12.6. The monoisotopic (exact) mass is 218 g/mol. The van der Waals surface area contributed by atoms with Crippen LogP contribution in [-0.2, 0) is 0 Å². The van der Waals surface area contributed by atoms with Crippen LogP contribution >= 0.6 is 0 Å². The highest BCUT2D eigenvalue weighted by atomic mass is 19.3. The van der Waals surface area contributed by atoms with E-state index in [0.29, 0.717) is 11.7 Å². The summed E-state index contributed by atoms with van der Waals surface area (Å²) in [5, 5.41) is 11.4. The van der Waals surface area contributed by atoms with Gasteiger partial charge in [-0.25, -0.2) is 8.78 Å². The summed E-state index contributed by atoms with van der Waals surface area (Å²) in [5.74, 6) is 0.764. The predicted octanol–water partition coefficient (Wildman–Crippen LogP) is 1.13.